The normalized spacial score (nSPS) is 13.9. The first kappa shape index (κ1) is 31.1. The number of carbonyl (C=O) groups excluding carboxylic acids is 3. The summed E-state index contributed by atoms with van der Waals surface area (Å²) in [6.07, 6.45) is -1.55. The number of hydrogen-bond donors (Lipinski definition) is 3. The number of benzene rings is 2. The summed E-state index contributed by atoms with van der Waals surface area (Å²) in [5, 5.41) is 20.5. The zero-order chi connectivity index (χ0) is 30.6. The molecule has 0 bridgehead atoms. The number of carboxylic acid groups (broad SMARTS) is 2. The average molecular weight is 568 g/mol. The van der Waals surface area contributed by atoms with E-state index in [1.165, 1.54) is 32.8 Å². The molecular formula is C30H37N3O8. The second-order valence-electron chi connectivity index (χ2n) is 11.0. The molecule has 0 spiro atoms. The molecule has 0 unspecified atom stereocenters. The van der Waals surface area contributed by atoms with E-state index in [0.717, 1.165) is 27.2 Å². The van der Waals surface area contributed by atoms with E-state index in [1.54, 1.807) is 13.8 Å². The Kier molecular flexibility index (Phi) is 9.42. The van der Waals surface area contributed by atoms with Crippen molar-refractivity contribution in [3.8, 4) is 11.1 Å². The molecule has 2 aromatic rings. The van der Waals surface area contributed by atoms with Crippen molar-refractivity contribution < 1.29 is 38.9 Å². The van der Waals surface area contributed by atoms with Crippen molar-refractivity contribution in [3.63, 3.8) is 0 Å². The monoisotopic (exact) mass is 567 g/mol. The lowest BCUT2D eigenvalue weighted by Crippen LogP contribution is -2.61. The van der Waals surface area contributed by atoms with Gasteiger partial charge in [-0.15, -0.1) is 0 Å². The van der Waals surface area contributed by atoms with Gasteiger partial charge in [0.15, 0.2) is 0 Å². The molecule has 220 valence electrons. The van der Waals surface area contributed by atoms with Crippen LogP contribution in [-0.2, 0) is 23.9 Å². The van der Waals surface area contributed by atoms with E-state index in [2.05, 4.69) is 5.32 Å². The fourth-order valence-electron chi connectivity index (χ4n) is 5.18. The Labute approximate surface area is 239 Å². The van der Waals surface area contributed by atoms with Crippen molar-refractivity contribution in [3.05, 3.63) is 59.7 Å². The minimum Gasteiger partial charge on any atom is -0.481 e. The summed E-state index contributed by atoms with van der Waals surface area (Å²) in [6, 6.07) is 13.1. The quantitative estimate of drug-likeness (QED) is 0.374. The van der Waals surface area contributed by atoms with Crippen LogP contribution in [0.5, 0.6) is 0 Å². The van der Waals surface area contributed by atoms with Crippen LogP contribution in [0.4, 0.5) is 4.79 Å². The molecule has 0 fully saturated rings. The van der Waals surface area contributed by atoms with E-state index in [-0.39, 0.29) is 12.5 Å². The zero-order valence-electron chi connectivity index (χ0n) is 24.1. The van der Waals surface area contributed by atoms with Crippen LogP contribution in [-0.4, -0.2) is 88.2 Å². The van der Waals surface area contributed by atoms with Crippen LogP contribution in [0.1, 0.15) is 51.2 Å². The van der Waals surface area contributed by atoms with Gasteiger partial charge < -0.3 is 25.2 Å². The SMILES string of the molecule is CC(C)[C@@H](C(=O)N[C@@H](CC(=O)O)C(=O)O)N(C)C(=O)C(C)(C)N(C)C(=O)OCC1c2ccccc2-c2ccccc21. The number of fused-ring (bicyclic) bond motifs is 3. The predicted octanol–water partition coefficient (Wildman–Crippen LogP) is 3.17. The van der Waals surface area contributed by atoms with E-state index >= 15 is 0 Å². The van der Waals surface area contributed by atoms with Gasteiger partial charge in [-0.1, -0.05) is 62.4 Å². The number of carboxylic acids is 2. The number of rotatable bonds is 11. The summed E-state index contributed by atoms with van der Waals surface area (Å²) in [7, 11) is 2.81. The molecule has 0 saturated carbocycles. The lowest BCUT2D eigenvalue weighted by atomic mass is 9.96. The highest BCUT2D eigenvalue weighted by Crippen LogP contribution is 2.44. The number of nitrogens with zero attached hydrogens (tertiary/aromatic N) is 2. The maximum atomic E-state index is 13.6. The smallest absolute Gasteiger partial charge is 0.410 e. The molecule has 3 N–H and O–H groups in total. The van der Waals surface area contributed by atoms with Gasteiger partial charge in [0.25, 0.3) is 0 Å². The standard InChI is InChI=1S/C30H37N3O8/c1-17(2)25(26(36)31-23(27(37)38)15-24(34)35)32(5)28(39)30(3,4)33(6)29(40)41-16-22-20-13-9-7-11-18(20)19-12-8-10-14-21(19)22/h7-14,17,22-23,25H,15-16H2,1-6H3,(H,31,36)(H,34,35)(H,37,38)/t23-,25-/m0/s1. The molecule has 0 radical (unpaired) electrons. The van der Waals surface area contributed by atoms with Crippen LogP contribution in [0.2, 0.25) is 0 Å². The van der Waals surface area contributed by atoms with Crippen LogP contribution in [0.25, 0.3) is 11.1 Å². The topological polar surface area (TPSA) is 154 Å². The largest absolute Gasteiger partial charge is 0.481 e. The van der Waals surface area contributed by atoms with Crippen LogP contribution in [0.15, 0.2) is 48.5 Å². The van der Waals surface area contributed by atoms with Crippen molar-refractivity contribution in [2.75, 3.05) is 20.7 Å². The van der Waals surface area contributed by atoms with Crippen molar-refractivity contribution in [1.29, 1.82) is 0 Å². The van der Waals surface area contributed by atoms with E-state index in [0.29, 0.717) is 0 Å². The lowest BCUT2D eigenvalue weighted by Gasteiger charge is -2.40. The summed E-state index contributed by atoms with van der Waals surface area (Å²) in [6.45, 7) is 6.45. The summed E-state index contributed by atoms with van der Waals surface area (Å²) >= 11 is 0. The van der Waals surface area contributed by atoms with Crippen LogP contribution < -0.4 is 5.32 Å². The van der Waals surface area contributed by atoms with E-state index in [4.69, 9.17) is 9.84 Å². The van der Waals surface area contributed by atoms with Gasteiger partial charge in [0, 0.05) is 20.0 Å². The number of carbonyl (C=O) groups is 5. The molecule has 0 aliphatic heterocycles. The van der Waals surface area contributed by atoms with Gasteiger partial charge in [-0.2, -0.15) is 0 Å². The highest BCUT2D eigenvalue weighted by molar-refractivity contribution is 5.95. The summed E-state index contributed by atoms with van der Waals surface area (Å²) < 4.78 is 5.71. The molecule has 2 aromatic carbocycles. The Bertz CT molecular complexity index is 1290. The number of likely N-dealkylation sites (N-methyl/N-ethyl adjacent to an activating group) is 2. The number of nitrogens with one attached hydrogen (secondary N) is 1. The molecule has 0 heterocycles. The summed E-state index contributed by atoms with van der Waals surface area (Å²) in [5.41, 5.74) is 2.82. The van der Waals surface area contributed by atoms with Crippen LogP contribution in [0.3, 0.4) is 0 Å². The van der Waals surface area contributed by atoms with Gasteiger partial charge >= 0.3 is 18.0 Å². The molecule has 0 saturated heterocycles. The molecular weight excluding hydrogens is 530 g/mol. The van der Waals surface area contributed by atoms with Crippen molar-refractivity contribution in [2.45, 2.75) is 57.7 Å². The second kappa shape index (κ2) is 12.4. The number of hydrogen-bond acceptors (Lipinski definition) is 6. The zero-order valence-corrected chi connectivity index (χ0v) is 24.1. The molecule has 3 amide bonds. The Morgan fingerprint density at radius 2 is 1.44 bits per heavy atom. The Balaban J connectivity index is 1.73. The Hall–Kier alpha value is -4.41. The van der Waals surface area contributed by atoms with Gasteiger partial charge in [0.1, 0.15) is 24.2 Å². The first-order chi connectivity index (χ1) is 19.2. The molecule has 0 aromatic heterocycles. The van der Waals surface area contributed by atoms with E-state index < -0.39 is 59.8 Å². The number of amides is 3. The molecule has 11 heteroatoms. The molecule has 3 rings (SSSR count). The minimum atomic E-state index is -1.67. The van der Waals surface area contributed by atoms with Crippen LogP contribution >= 0.6 is 0 Å². The van der Waals surface area contributed by atoms with Crippen molar-refractivity contribution >= 4 is 29.8 Å². The first-order valence-electron chi connectivity index (χ1n) is 13.3. The fourth-order valence-corrected chi connectivity index (χ4v) is 5.18. The third-order valence-corrected chi connectivity index (χ3v) is 7.60. The van der Waals surface area contributed by atoms with E-state index in [1.807, 2.05) is 48.5 Å². The molecule has 2 atom stereocenters. The second-order valence-corrected chi connectivity index (χ2v) is 11.0. The maximum absolute atomic E-state index is 13.6. The van der Waals surface area contributed by atoms with Gasteiger partial charge in [-0.05, 0) is 42.0 Å². The molecule has 41 heavy (non-hydrogen) atoms. The van der Waals surface area contributed by atoms with Gasteiger partial charge in [-0.3, -0.25) is 19.3 Å². The first-order valence-corrected chi connectivity index (χ1v) is 13.3. The maximum Gasteiger partial charge on any atom is 0.410 e. The highest BCUT2D eigenvalue weighted by Gasteiger charge is 2.43. The highest BCUT2D eigenvalue weighted by atomic mass is 16.6. The fraction of sp³-hybridized carbons (Fsp3) is 0.433. The van der Waals surface area contributed by atoms with E-state index in [9.17, 15) is 29.1 Å². The Morgan fingerprint density at radius 3 is 1.90 bits per heavy atom. The third kappa shape index (κ3) is 6.50. The minimum absolute atomic E-state index is 0.0640. The van der Waals surface area contributed by atoms with Crippen LogP contribution in [0, 0.1) is 5.92 Å². The third-order valence-electron chi connectivity index (χ3n) is 7.60. The average Bonchev–Trinajstić information content (AvgIpc) is 3.23. The van der Waals surface area contributed by atoms with Crippen molar-refractivity contribution in [2.24, 2.45) is 5.92 Å². The van der Waals surface area contributed by atoms with Crippen molar-refractivity contribution in [1.82, 2.24) is 15.1 Å². The summed E-state index contributed by atoms with van der Waals surface area (Å²) in [4.78, 5) is 64.7. The van der Waals surface area contributed by atoms with Gasteiger partial charge in [-0.25, -0.2) is 9.59 Å². The van der Waals surface area contributed by atoms with Gasteiger partial charge in [0.05, 0.1) is 6.42 Å². The molecule has 1 aliphatic carbocycles. The number of ether oxygens (including phenoxy) is 1. The Morgan fingerprint density at radius 1 is 0.927 bits per heavy atom. The predicted molar refractivity (Wildman–Crippen MR) is 150 cm³/mol. The van der Waals surface area contributed by atoms with Gasteiger partial charge in [0.2, 0.25) is 11.8 Å². The summed E-state index contributed by atoms with van der Waals surface area (Å²) in [5.74, 6) is -4.93. The molecule has 11 nitrogen and oxygen atoms in total. The lowest BCUT2D eigenvalue weighted by molar-refractivity contribution is -0.151. The number of aliphatic carboxylic acids is 2. The molecule has 1 aliphatic rings.